The van der Waals surface area contributed by atoms with E-state index >= 15 is 4.39 Å². The molecule has 2 aliphatic rings. The fourth-order valence-corrected chi connectivity index (χ4v) is 5.86. The van der Waals surface area contributed by atoms with Crippen molar-refractivity contribution in [3.63, 3.8) is 0 Å². The Bertz CT molecular complexity index is 1630. The summed E-state index contributed by atoms with van der Waals surface area (Å²) in [5.41, 5.74) is 5.65. The van der Waals surface area contributed by atoms with Crippen LogP contribution in [0.1, 0.15) is 6.42 Å². The highest BCUT2D eigenvalue weighted by Crippen LogP contribution is 2.39. The summed E-state index contributed by atoms with van der Waals surface area (Å²) in [6.45, 7) is 1.95. The van der Waals surface area contributed by atoms with Gasteiger partial charge in [-0.3, -0.25) is 9.88 Å². The third-order valence-corrected chi connectivity index (χ3v) is 7.68. The van der Waals surface area contributed by atoms with E-state index < -0.39 is 0 Å². The van der Waals surface area contributed by atoms with E-state index in [0.29, 0.717) is 34.7 Å². The fourth-order valence-electron chi connectivity index (χ4n) is 5.86. The Morgan fingerprint density at radius 1 is 0.919 bits per heavy atom. The lowest BCUT2D eigenvalue weighted by Gasteiger charge is -2.33. The first-order chi connectivity index (χ1) is 18.1. The Balaban J connectivity index is 1.37. The summed E-state index contributed by atoms with van der Waals surface area (Å²) in [5, 5.41) is 15.1. The third-order valence-electron chi connectivity index (χ3n) is 7.68. The number of benzene rings is 2. The summed E-state index contributed by atoms with van der Waals surface area (Å²) < 4.78 is 17.4. The molecule has 8 heteroatoms. The number of fused-ring (bicyclic) bond motifs is 3. The molecule has 0 unspecified atom stereocenters. The summed E-state index contributed by atoms with van der Waals surface area (Å²) in [7, 11) is 2.16. The van der Waals surface area contributed by atoms with Crippen LogP contribution in [0, 0.1) is 5.82 Å². The molecule has 0 radical (unpaired) electrons. The number of likely N-dealkylation sites (N-methyl/N-ethyl adjacent to an activating group) is 1. The molecule has 37 heavy (non-hydrogen) atoms. The number of halogens is 1. The van der Waals surface area contributed by atoms with Crippen molar-refractivity contribution in [3.8, 4) is 39.4 Å². The first-order valence-electron chi connectivity index (χ1n) is 12.4. The predicted molar refractivity (Wildman–Crippen MR) is 141 cm³/mol. The highest BCUT2D eigenvalue weighted by Gasteiger charge is 2.41. The minimum absolute atomic E-state index is 0.150. The summed E-state index contributed by atoms with van der Waals surface area (Å²) >= 11 is 0. The maximum absolute atomic E-state index is 15.7. The fraction of sp³-hybridized carbons (Fsp3) is 0.207. The van der Waals surface area contributed by atoms with Gasteiger partial charge in [0.2, 0.25) is 0 Å². The number of phenolic OH excluding ortho intramolecular Hbond substituents is 1. The molecule has 184 valence electrons. The number of hydrogen-bond donors (Lipinski definition) is 1. The van der Waals surface area contributed by atoms with Gasteiger partial charge in [-0.1, -0.05) is 12.1 Å². The molecule has 0 saturated carbocycles. The minimum Gasteiger partial charge on any atom is -0.508 e. The molecule has 2 aromatic carbocycles. The van der Waals surface area contributed by atoms with E-state index in [-0.39, 0.29) is 11.6 Å². The van der Waals surface area contributed by atoms with E-state index in [2.05, 4.69) is 26.8 Å². The Kier molecular flexibility index (Phi) is 4.97. The van der Waals surface area contributed by atoms with E-state index in [0.717, 1.165) is 41.9 Å². The molecule has 7 rings (SSSR count). The molecule has 2 fully saturated rings. The lowest BCUT2D eigenvalue weighted by atomic mass is 10.0. The average Bonchev–Trinajstić information content (AvgIpc) is 3.61. The van der Waals surface area contributed by atoms with Gasteiger partial charge in [-0.25, -0.2) is 13.9 Å². The highest BCUT2D eigenvalue weighted by atomic mass is 19.1. The molecule has 5 heterocycles. The van der Waals surface area contributed by atoms with Gasteiger partial charge in [0.1, 0.15) is 17.3 Å². The molecule has 2 aliphatic heterocycles. The standard InChI is InChI=1S/C29H25FN6O/c1-34-16-22-14-21(34)17-35(22)20-5-6-24(25(30)15-20)26-9-12-32-29-27(19-3-2-4-23(37)13-19)28(33-36(26)29)18-7-10-31-11-8-18/h2-13,15,21-22,37H,14,16-17H2,1H3/t21-,22-/m0/s1. The number of anilines is 1. The first-order valence-corrected chi connectivity index (χ1v) is 12.4. The number of aromatic hydroxyl groups is 1. The van der Waals surface area contributed by atoms with E-state index in [1.165, 1.54) is 0 Å². The van der Waals surface area contributed by atoms with Crippen LogP contribution in [-0.4, -0.2) is 61.8 Å². The number of hydrogen-bond acceptors (Lipinski definition) is 6. The number of rotatable bonds is 4. The molecule has 0 aliphatic carbocycles. The van der Waals surface area contributed by atoms with Crippen molar-refractivity contribution in [2.45, 2.75) is 18.5 Å². The number of likely N-dealkylation sites (tertiary alicyclic amines) is 1. The molecule has 0 spiro atoms. The summed E-state index contributed by atoms with van der Waals surface area (Å²) in [4.78, 5) is 13.5. The van der Waals surface area contributed by atoms with Gasteiger partial charge in [0.25, 0.3) is 0 Å². The number of phenols is 1. The average molecular weight is 493 g/mol. The topological polar surface area (TPSA) is 69.8 Å². The summed E-state index contributed by atoms with van der Waals surface area (Å²) in [6, 6.07) is 19.0. The van der Waals surface area contributed by atoms with Crippen molar-refractivity contribution in [1.82, 2.24) is 24.5 Å². The summed E-state index contributed by atoms with van der Waals surface area (Å²) in [6.07, 6.45) is 6.23. The minimum atomic E-state index is -0.291. The Hall–Kier alpha value is -4.30. The van der Waals surface area contributed by atoms with Crippen LogP contribution in [0.25, 0.3) is 39.3 Å². The van der Waals surface area contributed by atoms with Crippen molar-refractivity contribution in [3.05, 3.63) is 85.1 Å². The van der Waals surface area contributed by atoms with Crippen molar-refractivity contribution in [2.24, 2.45) is 0 Å². The van der Waals surface area contributed by atoms with Gasteiger partial charge < -0.3 is 10.0 Å². The molecule has 5 aromatic rings. The predicted octanol–water partition coefficient (Wildman–Crippen LogP) is 4.86. The van der Waals surface area contributed by atoms with Crippen LogP contribution in [-0.2, 0) is 0 Å². The van der Waals surface area contributed by atoms with E-state index in [1.807, 2.05) is 30.3 Å². The lowest BCUT2D eigenvalue weighted by Crippen LogP contribution is -2.44. The van der Waals surface area contributed by atoms with Crippen molar-refractivity contribution in [1.29, 1.82) is 0 Å². The normalized spacial score (nSPS) is 19.2. The number of nitrogens with zero attached hydrogens (tertiary/aromatic N) is 6. The molecule has 2 atom stereocenters. The number of pyridine rings is 1. The third kappa shape index (κ3) is 3.55. The SMILES string of the molecule is CN1C[C@@H]2C[C@H]1CN2c1ccc(-c2ccnc3c(-c4cccc(O)c4)c(-c4ccncc4)nn23)c(F)c1. The second-order valence-corrected chi connectivity index (χ2v) is 9.87. The van der Waals surface area contributed by atoms with E-state index in [9.17, 15) is 5.11 Å². The van der Waals surface area contributed by atoms with Crippen molar-refractivity contribution < 1.29 is 9.50 Å². The highest BCUT2D eigenvalue weighted by molar-refractivity contribution is 5.91. The van der Waals surface area contributed by atoms with Crippen LogP contribution in [0.5, 0.6) is 5.75 Å². The second-order valence-electron chi connectivity index (χ2n) is 9.87. The summed E-state index contributed by atoms with van der Waals surface area (Å²) in [5.74, 6) is -0.141. The zero-order chi connectivity index (χ0) is 25.1. The van der Waals surface area contributed by atoms with Crippen LogP contribution in [0.3, 0.4) is 0 Å². The molecule has 2 saturated heterocycles. The Labute approximate surface area is 213 Å². The van der Waals surface area contributed by atoms with Gasteiger partial charge >= 0.3 is 0 Å². The van der Waals surface area contributed by atoms with Gasteiger partial charge in [0.15, 0.2) is 5.65 Å². The molecule has 2 bridgehead atoms. The maximum atomic E-state index is 15.7. The van der Waals surface area contributed by atoms with Crippen molar-refractivity contribution in [2.75, 3.05) is 25.0 Å². The van der Waals surface area contributed by atoms with Crippen molar-refractivity contribution >= 4 is 11.3 Å². The van der Waals surface area contributed by atoms with Crippen LogP contribution in [0.4, 0.5) is 10.1 Å². The number of piperazine rings is 1. The quantitative estimate of drug-likeness (QED) is 0.386. The van der Waals surface area contributed by atoms with Gasteiger partial charge in [0.05, 0.1) is 11.3 Å². The van der Waals surface area contributed by atoms with E-state index in [4.69, 9.17) is 5.10 Å². The maximum Gasteiger partial charge on any atom is 0.164 e. The van der Waals surface area contributed by atoms with Gasteiger partial charge in [-0.2, -0.15) is 5.10 Å². The molecule has 1 N–H and O–H groups in total. The monoisotopic (exact) mass is 492 g/mol. The second kappa shape index (κ2) is 8.38. The molecule has 3 aromatic heterocycles. The molecule has 7 nitrogen and oxygen atoms in total. The van der Waals surface area contributed by atoms with Gasteiger partial charge in [0, 0.05) is 60.6 Å². The Morgan fingerprint density at radius 2 is 1.78 bits per heavy atom. The number of aromatic nitrogens is 4. The van der Waals surface area contributed by atoms with Crippen LogP contribution < -0.4 is 4.90 Å². The van der Waals surface area contributed by atoms with Crippen LogP contribution in [0.15, 0.2) is 79.3 Å². The van der Waals surface area contributed by atoms with Gasteiger partial charge in [-0.05, 0) is 67.6 Å². The Morgan fingerprint density at radius 3 is 2.51 bits per heavy atom. The first kappa shape index (κ1) is 21.9. The largest absolute Gasteiger partial charge is 0.508 e. The zero-order valence-corrected chi connectivity index (χ0v) is 20.3. The van der Waals surface area contributed by atoms with Gasteiger partial charge in [-0.15, -0.1) is 0 Å². The van der Waals surface area contributed by atoms with E-state index in [1.54, 1.807) is 53.4 Å². The smallest absolute Gasteiger partial charge is 0.164 e. The van der Waals surface area contributed by atoms with Crippen LogP contribution in [0.2, 0.25) is 0 Å². The molecular formula is C29H25FN6O. The molecular weight excluding hydrogens is 467 g/mol. The lowest BCUT2D eigenvalue weighted by molar-refractivity contribution is 0.292. The zero-order valence-electron chi connectivity index (χ0n) is 20.3. The molecule has 0 amide bonds. The van der Waals surface area contributed by atoms with Crippen LogP contribution >= 0.6 is 0 Å².